The van der Waals surface area contributed by atoms with Crippen LogP contribution in [0.2, 0.25) is 0 Å². The highest BCUT2D eigenvalue weighted by atomic mass is 16.3. The van der Waals surface area contributed by atoms with Gasteiger partial charge in [-0.15, -0.1) is 0 Å². The number of hydrogen-bond acceptors (Lipinski definition) is 3. The van der Waals surface area contributed by atoms with Gasteiger partial charge in [-0.05, 0) is 37.3 Å². The Balaban J connectivity index is 1.91. The van der Waals surface area contributed by atoms with Gasteiger partial charge in [0.25, 0.3) is 0 Å². The number of aromatic hydroxyl groups is 1. The van der Waals surface area contributed by atoms with Crippen molar-refractivity contribution in [3.8, 4) is 17.1 Å². The lowest BCUT2D eigenvalue weighted by atomic mass is 10.00. The van der Waals surface area contributed by atoms with Gasteiger partial charge in [-0.25, -0.2) is 4.98 Å². The number of hydrogen-bond donors (Lipinski definition) is 1. The summed E-state index contributed by atoms with van der Waals surface area (Å²) in [6, 6.07) is 3.48. The Morgan fingerprint density at radius 2 is 2.00 bits per heavy atom. The number of rotatable bonds is 3. The van der Waals surface area contributed by atoms with Crippen LogP contribution in [-0.2, 0) is 13.5 Å². The lowest BCUT2D eigenvalue weighted by molar-refractivity contribution is 0.473. The summed E-state index contributed by atoms with van der Waals surface area (Å²) < 4.78 is 2.08. The largest absolute Gasteiger partial charge is 0.506 e. The van der Waals surface area contributed by atoms with Gasteiger partial charge < -0.3 is 9.67 Å². The van der Waals surface area contributed by atoms with Crippen LogP contribution in [0.1, 0.15) is 31.4 Å². The van der Waals surface area contributed by atoms with Gasteiger partial charge in [0.2, 0.25) is 0 Å². The minimum absolute atomic E-state index is 0.186. The van der Waals surface area contributed by atoms with Crippen LogP contribution in [0.25, 0.3) is 11.4 Å². The van der Waals surface area contributed by atoms with Crippen LogP contribution in [0.4, 0.5) is 0 Å². The molecule has 1 radical (unpaired) electrons. The van der Waals surface area contributed by atoms with E-state index in [1.807, 2.05) is 19.4 Å². The standard InChI is InChI=1S/C15H18N3O/c1-18-10-17-15(13-7-6-12(19)9-16-13)14(18)8-11-4-2-3-5-11/h6-7,9-10,19H,2-5,8H2,1H3. The first-order valence-corrected chi connectivity index (χ1v) is 6.73. The van der Waals surface area contributed by atoms with Crippen molar-refractivity contribution in [3.63, 3.8) is 0 Å². The molecular weight excluding hydrogens is 238 g/mol. The van der Waals surface area contributed by atoms with Crippen LogP contribution in [-0.4, -0.2) is 19.6 Å². The number of nitrogens with zero attached hydrogens (tertiary/aromatic N) is 3. The molecule has 2 heterocycles. The van der Waals surface area contributed by atoms with Gasteiger partial charge in [0.15, 0.2) is 0 Å². The zero-order chi connectivity index (χ0) is 13.2. The normalized spacial score (nSPS) is 16.1. The molecule has 4 nitrogen and oxygen atoms in total. The SMILES string of the molecule is Cn1cnc(-c2ccc(O)cn2)c1C[C]1CCCC1. The minimum atomic E-state index is 0.186. The summed E-state index contributed by atoms with van der Waals surface area (Å²) in [6.45, 7) is 0. The van der Waals surface area contributed by atoms with Crippen LogP contribution in [0, 0.1) is 5.92 Å². The molecule has 0 aromatic carbocycles. The average molecular weight is 256 g/mol. The average Bonchev–Trinajstić information content (AvgIpc) is 3.03. The maximum absolute atomic E-state index is 9.32. The Bertz CT molecular complexity index is 553. The molecule has 0 atom stereocenters. The van der Waals surface area contributed by atoms with Crippen LogP contribution in [0.15, 0.2) is 24.7 Å². The molecule has 19 heavy (non-hydrogen) atoms. The lowest BCUT2D eigenvalue weighted by Gasteiger charge is -2.10. The summed E-state index contributed by atoms with van der Waals surface area (Å²) in [4.78, 5) is 8.73. The van der Waals surface area contributed by atoms with E-state index in [9.17, 15) is 5.11 Å². The molecule has 1 aliphatic carbocycles. The van der Waals surface area contributed by atoms with Gasteiger partial charge in [-0.3, -0.25) is 4.98 Å². The van der Waals surface area contributed by atoms with Gasteiger partial charge >= 0.3 is 0 Å². The maximum Gasteiger partial charge on any atom is 0.133 e. The van der Waals surface area contributed by atoms with E-state index in [1.165, 1.54) is 37.6 Å². The summed E-state index contributed by atoms with van der Waals surface area (Å²) in [7, 11) is 2.03. The molecule has 2 aromatic heterocycles. The van der Waals surface area contributed by atoms with Crippen molar-refractivity contribution in [1.29, 1.82) is 0 Å². The first-order valence-electron chi connectivity index (χ1n) is 6.73. The van der Waals surface area contributed by atoms with Crippen molar-refractivity contribution in [2.24, 2.45) is 7.05 Å². The van der Waals surface area contributed by atoms with Gasteiger partial charge in [0.05, 0.1) is 18.2 Å². The quantitative estimate of drug-likeness (QED) is 0.918. The molecule has 0 aliphatic heterocycles. The predicted molar refractivity (Wildman–Crippen MR) is 73.5 cm³/mol. The molecule has 1 saturated carbocycles. The number of pyridine rings is 1. The second-order valence-electron chi connectivity index (χ2n) is 5.19. The van der Waals surface area contributed by atoms with Crippen LogP contribution < -0.4 is 0 Å². The fourth-order valence-electron chi connectivity index (χ4n) is 2.69. The molecule has 4 heteroatoms. The predicted octanol–water partition coefficient (Wildman–Crippen LogP) is 2.88. The van der Waals surface area contributed by atoms with Crippen LogP contribution >= 0.6 is 0 Å². The maximum atomic E-state index is 9.32. The first-order chi connectivity index (χ1) is 9.24. The van der Waals surface area contributed by atoms with Gasteiger partial charge in [-0.1, -0.05) is 12.8 Å². The van der Waals surface area contributed by atoms with Crippen LogP contribution in [0.3, 0.4) is 0 Å². The zero-order valence-electron chi connectivity index (χ0n) is 11.1. The highest BCUT2D eigenvalue weighted by Gasteiger charge is 2.20. The Kier molecular flexibility index (Phi) is 3.23. The second-order valence-corrected chi connectivity index (χ2v) is 5.19. The Hall–Kier alpha value is -1.84. The van der Waals surface area contributed by atoms with Crippen molar-refractivity contribution in [2.45, 2.75) is 32.1 Å². The van der Waals surface area contributed by atoms with Gasteiger partial charge in [0, 0.05) is 12.7 Å². The highest BCUT2D eigenvalue weighted by molar-refractivity contribution is 5.58. The molecule has 2 aromatic rings. The summed E-state index contributed by atoms with van der Waals surface area (Å²) >= 11 is 0. The molecule has 0 spiro atoms. The molecule has 99 valence electrons. The Morgan fingerprint density at radius 1 is 1.21 bits per heavy atom. The van der Waals surface area contributed by atoms with E-state index in [2.05, 4.69) is 14.5 Å². The van der Waals surface area contributed by atoms with Crippen molar-refractivity contribution in [2.75, 3.05) is 0 Å². The van der Waals surface area contributed by atoms with E-state index in [4.69, 9.17) is 0 Å². The molecule has 0 unspecified atom stereocenters. The third kappa shape index (κ3) is 2.48. The summed E-state index contributed by atoms with van der Waals surface area (Å²) in [6.07, 6.45) is 9.43. The van der Waals surface area contributed by atoms with Crippen molar-refractivity contribution >= 4 is 0 Å². The van der Waals surface area contributed by atoms with E-state index in [1.54, 1.807) is 12.0 Å². The molecular formula is C15H18N3O. The van der Waals surface area contributed by atoms with E-state index in [-0.39, 0.29) is 5.75 Å². The van der Waals surface area contributed by atoms with Gasteiger partial charge in [-0.2, -0.15) is 0 Å². The molecule has 1 fully saturated rings. The summed E-state index contributed by atoms with van der Waals surface area (Å²) in [5, 5.41) is 9.32. The Labute approximate surface area is 113 Å². The van der Waals surface area contributed by atoms with Crippen molar-refractivity contribution < 1.29 is 5.11 Å². The molecule has 0 bridgehead atoms. The van der Waals surface area contributed by atoms with Crippen molar-refractivity contribution in [3.05, 3.63) is 36.3 Å². The molecule has 3 rings (SSSR count). The summed E-state index contributed by atoms with van der Waals surface area (Å²) in [5.74, 6) is 1.80. The van der Waals surface area contributed by atoms with Crippen LogP contribution in [0.5, 0.6) is 5.75 Å². The molecule has 1 aliphatic rings. The van der Waals surface area contributed by atoms with E-state index in [0.29, 0.717) is 0 Å². The fraction of sp³-hybridized carbons (Fsp3) is 0.400. The lowest BCUT2D eigenvalue weighted by Crippen LogP contribution is -2.03. The number of aromatic nitrogens is 3. The molecule has 1 N–H and O–H groups in total. The van der Waals surface area contributed by atoms with E-state index in [0.717, 1.165) is 17.8 Å². The third-order valence-electron chi connectivity index (χ3n) is 3.78. The number of aryl methyl sites for hydroxylation is 1. The minimum Gasteiger partial charge on any atom is -0.506 e. The number of imidazole rings is 1. The highest BCUT2D eigenvalue weighted by Crippen LogP contribution is 2.32. The topological polar surface area (TPSA) is 50.9 Å². The second kappa shape index (κ2) is 5.03. The molecule has 0 saturated heterocycles. The van der Waals surface area contributed by atoms with E-state index < -0.39 is 0 Å². The Morgan fingerprint density at radius 3 is 2.68 bits per heavy atom. The fourth-order valence-corrected chi connectivity index (χ4v) is 2.69. The van der Waals surface area contributed by atoms with Crippen molar-refractivity contribution in [1.82, 2.24) is 14.5 Å². The zero-order valence-corrected chi connectivity index (χ0v) is 11.1. The monoisotopic (exact) mass is 256 g/mol. The summed E-state index contributed by atoms with van der Waals surface area (Å²) in [5.41, 5.74) is 2.98. The van der Waals surface area contributed by atoms with Gasteiger partial charge in [0.1, 0.15) is 11.4 Å². The third-order valence-corrected chi connectivity index (χ3v) is 3.78. The first kappa shape index (κ1) is 12.2. The molecule has 0 amide bonds. The smallest absolute Gasteiger partial charge is 0.133 e. The van der Waals surface area contributed by atoms with E-state index >= 15 is 0 Å².